The van der Waals surface area contributed by atoms with E-state index in [1.54, 1.807) is 6.08 Å². The lowest BCUT2D eigenvalue weighted by atomic mass is 10.0. The summed E-state index contributed by atoms with van der Waals surface area (Å²) < 4.78 is 13.1. The highest BCUT2D eigenvalue weighted by Gasteiger charge is 2.06. The Labute approximate surface area is 68.8 Å². The minimum Gasteiger partial charge on any atom is -0.207 e. The molecule has 0 radical (unpaired) electrons. The number of allylic oxidation sites excluding steroid dienone is 4. The van der Waals surface area contributed by atoms with E-state index in [1.807, 2.05) is 33.8 Å². The van der Waals surface area contributed by atoms with Crippen molar-refractivity contribution in [3.63, 3.8) is 0 Å². The van der Waals surface area contributed by atoms with Gasteiger partial charge in [-0.1, -0.05) is 26.8 Å². The number of hydrogen-bond acceptors (Lipinski definition) is 0. The van der Waals surface area contributed by atoms with Crippen molar-refractivity contribution in [3.05, 3.63) is 23.6 Å². The van der Waals surface area contributed by atoms with E-state index in [0.29, 0.717) is 0 Å². The fraction of sp³-hybridized carbons (Fsp3) is 0.600. The van der Waals surface area contributed by atoms with Gasteiger partial charge in [0.1, 0.15) is 5.83 Å². The molecule has 0 N–H and O–H groups in total. The number of halogens is 1. The molecular weight excluding hydrogens is 139 g/mol. The second-order valence-electron chi connectivity index (χ2n) is 2.86. The van der Waals surface area contributed by atoms with E-state index >= 15 is 0 Å². The summed E-state index contributed by atoms with van der Waals surface area (Å²) in [7, 11) is 0. The second kappa shape index (κ2) is 5.11. The van der Waals surface area contributed by atoms with E-state index in [-0.39, 0.29) is 11.7 Å². The Morgan fingerprint density at radius 2 is 2.00 bits per heavy atom. The first kappa shape index (κ1) is 10.4. The van der Waals surface area contributed by atoms with Crippen molar-refractivity contribution in [2.45, 2.75) is 34.1 Å². The van der Waals surface area contributed by atoms with Crippen LogP contribution in [0.4, 0.5) is 4.39 Å². The fourth-order valence-electron chi connectivity index (χ4n) is 1.04. The van der Waals surface area contributed by atoms with Gasteiger partial charge in [-0.3, -0.25) is 0 Å². The molecule has 0 aliphatic heterocycles. The maximum absolute atomic E-state index is 13.1. The zero-order valence-corrected chi connectivity index (χ0v) is 7.82. The third-order valence-electron chi connectivity index (χ3n) is 1.59. The van der Waals surface area contributed by atoms with E-state index in [1.165, 1.54) is 0 Å². The summed E-state index contributed by atoms with van der Waals surface area (Å²) in [5.41, 5.74) is 0.812. The molecule has 0 fully saturated rings. The number of hydrogen-bond donors (Lipinski definition) is 0. The first-order chi connectivity index (χ1) is 5.13. The smallest absolute Gasteiger partial charge is 0.122 e. The maximum Gasteiger partial charge on any atom is 0.122 e. The average molecular weight is 156 g/mol. The zero-order chi connectivity index (χ0) is 8.85. The van der Waals surface area contributed by atoms with Crippen LogP contribution in [0.25, 0.3) is 0 Å². The SMILES string of the molecule is C/C=C(\C(F)=C/CC)C(C)C. The van der Waals surface area contributed by atoms with Crippen LogP contribution in [-0.2, 0) is 0 Å². The summed E-state index contributed by atoms with van der Waals surface area (Å²) in [6.07, 6.45) is 4.22. The molecular formula is C10H17F. The van der Waals surface area contributed by atoms with Gasteiger partial charge in [0.15, 0.2) is 0 Å². The van der Waals surface area contributed by atoms with Crippen molar-refractivity contribution in [2.24, 2.45) is 5.92 Å². The van der Waals surface area contributed by atoms with Crippen LogP contribution in [0.3, 0.4) is 0 Å². The zero-order valence-electron chi connectivity index (χ0n) is 7.82. The molecule has 0 rings (SSSR count). The van der Waals surface area contributed by atoms with Gasteiger partial charge in [0.2, 0.25) is 0 Å². The lowest BCUT2D eigenvalue weighted by molar-refractivity contribution is 0.603. The minimum atomic E-state index is -0.0648. The van der Waals surface area contributed by atoms with Gasteiger partial charge in [-0.2, -0.15) is 0 Å². The minimum absolute atomic E-state index is 0.0648. The first-order valence-electron chi connectivity index (χ1n) is 4.15. The van der Waals surface area contributed by atoms with Crippen LogP contribution in [0.5, 0.6) is 0 Å². The highest BCUT2D eigenvalue weighted by molar-refractivity contribution is 5.25. The second-order valence-corrected chi connectivity index (χ2v) is 2.86. The Morgan fingerprint density at radius 1 is 1.45 bits per heavy atom. The summed E-state index contributed by atoms with van der Waals surface area (Å²) in [5.74, 6) is 0.216. The van der Waals surface area contributed by atoms with Crippen LogP contribution >= 0.6 is 0 Å². The molecule has 0 heterocycles. The topological polar surface area (TPSA) is 0 Å². The summed E-state index contributed by atoms with van der Waals surface area (Å²) in [6.45, 7) is 7.81. The normalized spacial score (nSPS) is 14.4. The molecule has 11 heavy (non-hydrogen) atoms. The van der Waals surface area contributed by atoms with E-state index in [4.69, 9.17) is 0 Å². The van der Waals surface area contributed by atoms with Crippen LogP contribution < -0.4 is 0 Å². The van der Waals surface area contributed by atoms with Gasteiger partial charge in [0.05, 0.1) is 0 Å². The average Bonchev–Trinajstić information content (AvgIpc) is 1.88. The van der Waals surface area contributed by atoms with Crippen molar-refractivity contribution in [1.29, 1.82) is 0 Å². The lowest BCUT2D eigenvalue weighted by Gasteiger charge is -2.07. The molecule has 0 aromatic carbocycles. The highest BCUT2D eigenvalue weighted by Crippen LogP contribution is 2.20. The Bertz CT molecular complexity index is 164. The van der Waals surface area contributed by atoms with Crippen molar-refractivity contribution in [1.82, 2.24) is 0 Å². The Morgan fingerprint density at radius 3 is 2.27 bits per heavy atom. The van der Waals surface area contributed by atoms with Gasteiger partial charge >= 0.3 is 0 Å². The molecule has 0 aromatic rings. The largest absolute Gasteiger partial charge is 0.207 e. The third kappa shape index (κ3) is 3.35. The molecule has 0 aliphatic rings. The Kier molecular flexibility index (Phi) is 4.84. The predicted molar refractivity (Wildman–Crippen MR) is 48.1 cm³/mol. The van der Waals surface area contributed by atoms with Crippen molar-refractivity contribution in [2.75, 3.05) is 0 Å². The molecule has 0 spiro atoms. The van der Waals surface area contributed by atoms with Crippen molar-refractivity contribution >= 4 is 0 Å². The van der Waals surface area contributed by atoms with Gasteiger partial charge < -0.3 is 0 Å². The van der Waals surface area contributed by atoms with E-state index in [0.717, 1.165) is 12.0 Å². The molecule has 0 saturated heterocycles. The fourth-order valence-corrected chi connectivity index (χ4v) is 1.04. The molecule has 0 amide bonds. The highest BCUT2D eigenvalue weighted by atomic mass is 19.1. The van der Waals surface area contributed by atoms with E-state index < -0.39 is 0 Å². The van der Waals surface area contributed by atoms with Gasteiger partial charge in [0.25, 0.3) is 0 Å². The molecule has 64 valence electrons. The summed E-state index contributed by atoms with van der Waals surface area (Å²) in [4.78, 5) is 0. The number of rotatable bonds is 3. The molecule has 1 heteroatoms. The van der Waals surface area contributed by atoms with Crippen LogP contribution in [-0.4, -0.2) is 0 Å². The standard InChI is InChI=1S/C10H17F/c1-5-7-10(11)9(6-2)8(3)4/h6-8H,5H2,1-4H3/b9-6-,10-7+. The van der Waals surface area contributed by atoms with Gasteiger partial charge in [-0.15, -0.1) is 0 Å². The molecule has 0 bridgehead atoms. The van der Waals surface area contributed by atoms with Crippen LogP contribution in [0.15, 0.2) is 23.6 Å². The van der Waals surface area contributed by atoms with Crippen LogP contribution in [0.2, 0.25) is 0 Å². The summed E-state index contributed by atoms with van der Waals surface area (Å²) in [5, 5.41) is 0. The predicted octanol–water partition coefficient (Wildman–Crippen LogP) is 3.85. The third-order valence-corrected chi connectivity index (χ3v) is 1.59. The Hall–Kier alpha value is -0.590. The Balaban J connectivity index is 4.40. The van der Waals surface area contributed by atoms with Gasteiger partial charge in [-0.25, -0.2) is 4.39 Å². The molecule has 0 nitrogen and oxygen atoms in total. The molecule has 0 aliphatic carbocycles. The monoisotopic (exact) mass is 156 g/mol. The van der Waals surface area contributed by atoms with E-state index in [2.05, 4.69) is 0 Å². The van der Waals surface area contributed by atoms with Crippen molar-refractivity contribution < 1.29 is 4.39 Å². The van der Waals surface area contributed by atoms with Crippen molar-refractivity contribution in [3.8, 4) is 0 Å². The molecule has 0 saturated carbocycles. The van der Waals surface area contributed by atoms with E-state index in [9.17, 15) is 4.39 Å². The first-order valence-corrected chi connectivity index (χ1v) is 4.15. The summed E-state index contributed by atoms with van der Waals surface area (Å²) >= 11 is 0. The van der Waals surface area contributed by atoms with Gasteiger partial charge in [0, 0.05) is 0 Å². The molecule has 0 unspecified atom stereocenters. The quantitative estimate of drug-likeness (QED) is 0.544. The maximum atomic E-state index is 13.1. The van der Waals surface area contributed by atoms with Crippen LogP contribution in [0.1, 0.15) is 34.1 Å². The summed E-state index contributed by atoms with van der Waals surface area (Å²) in [6, 6.07) is 0. The van der Waals surface area contributed by atoms with Crippen LogP contribution in [0, 0.1) is 5.92 Å². The molecule has 0 atom stereocenters. The molecule has 0 aromatic heterocycles. The lowest BCUT2D eigenvalue weighted by Crippen LogP contribution is -1.93. The van der Waals surface area contributed by atoms with Gasteiger partial charge in [-0.05, 0) is 30.9 Å².